The Balaban J connectivity index is 1.06. The molecule has 0 unspecified atom stereocenters. The normalized spacial score (nSPS) is 26.4. The number of hydrogen-bond donors (Lipinski definition) is 4. The monoisotopic (exact) mass is 738 g/mol. The average Bonchev–Trinajstić information content (AvgIpc) is 3.86. The quantitative estimate of drug-likeness (QED) is 0.225. The van der Waals surface area contributed by atoms with Crippen LogP contribution in [-0.4, -0.2) is 73.2 Å². The number of amides is 4. The van der Waals surface area contributed by atoms with Gasteiger partial charge >= 0.3 is 19.0 Å². The lowest BCUT2D eigenvalue weighted by atomic mass is 9.43. The Labute approximate surface area is 306 Å². The molecule has 5 aliphatic rings. The van der Waals surface area contributed by atoms with Gasteiger partial charge in [0.1, 0.15) is 18.1 Å². The summed E-state index contributed by atoms with van der Waals surface area (Å²) in [6.45, 7) is 11.6. The van der Waals surface area contributed by atoms with E-state index in [9.17, 15) is 32.3 Å². The van der Waals surface area contributed by atoms with Gasteiger partial charge in [-0.3, -0.25) is 19.2 Å². The van der Waals surface area contributed by atoms with Crippen LogP contribution in [0, 0.1) is 23.2 Å². The molecule has 2 aromatic carbocycles. The molecular formula is C37H46BF3N6O6. The minimum atomic E-state index is -4.71. The van der Waals surface area contributed by atoms with Crippen LogP contribution in [0.15, 0.2) is 64.8 Å². The van der Waals surface area contributed by atoms with Crippen molar-refractivity contribution in [1.82, 2.24) is 21.3 Å². The molecule has 4 fully saturated rings. The number of nitrogens with zero attached hydrogens (tertiary/aromatic N) is 2. The van der Waals surface area contributed by atoms with Crippen molar-refractivity contribution in [1.29, 1.82) is 0 Å². The average molecular weight is 739 g/mol. The van der Waals surface area contributed by atoms with E-state index < -0.39 is 72.2 Å². The maximum absolute atomic E-state index is 13.7. The second kappa shape index (κ2) is 14.2. The Hall–Kier alpha value is -4.31. The summed E-state index contributed by atoms with van der Waals surface area (Å²) in [4.78, 5) is 53.6. The zero-order valence-electron chi connectivity index (χ0n) is 30.6. The lowest BCUT2D eigenvalue weighted by Gasteiger charge is -2.64. The van der Waals surface area contributed by atoms with E-state index in [1.165, 1.54) is 19.1 Å². The summed E-state index contributed by atoms with van der Waals surface area (Å²) >= 11 is 0. The maximum atomic E-state index is 13.7. The minimum Gasteiger partial charge on any atom is -0.404 e. The van der Waals surface area contributed by atoms with Gasteiger partial charge in [-0.2, -0.15) is 13.2 Å². The Bertz CT molecular complexity index is 1750. The Morgan fingerprint density at radius 3 is 2.13 bits per heavy atom. The third-order valence-electron chi connectivity index (χ3n) is 11.6. The largest absolute Gasteiger partial charge is 0.478 e. The third-order valence-corrected chi connectivity index (χ3v) is 11.6. The van der Waals surface area contributed by atoms with Crippen LogP contribution in [-0.2, 0) is 35.8 Å². The Morgan fingerprint density at radius 1 is 0.887 bits per heavy atom. The van der Waals surface area contributed by atoms with Crippen molar-refractivity contribution in [2.75, 3.05) is 6.44 Å². The number of nitrogens with one attached hydrogen (secondary N) is 4. The van der Waals surface area contributed by atoms with Gasteiger partial charge in [0, 0.05) is 17.5 Å². The first-order valence-electron chi connectivity index (χ1n) is 18.0. The smallest absolute Gasteiger partial charge is 0.404 e. The Kier molecular flexibility index (Phi) is 10.3. The van der Waals surface area contributed by atoms with Gasteiger partial charge in [0.05, 0.1) is 18.1 Å². The molecule has 7 atom stereocenters. The molecule has 1 saturated heterocycles. The summed E-state index contributed by atoms with van der Waals surface area (Å²) in [6.07, 6.45) is -2.53. The maximum Gasteiger partial charge on any atom is 0.478 e. The highest BCUT2D eigenvalue weighted by molar-refractivity contribution is 6.46. The summed E-state index contributed by atoms with van der Waals surface area (Å²) in [5, 5.41) is 17.2. The van der Waals surface area contributed by atoms with Crippen LogP contribution in [0.3, 0.4) is 0 Å². The van der Waals surface area contributed by atoms with Crippen LogP contribution in [0.2, 0.25) is 0 Å². The second-order valence-electron chi connectivity index (χ2n) is 15.8. The summed E-state index contributed by atoms with van der Waals surface area (Å²) in [7, 11) is -0.612. The highest BCUT2D eigenvalue weighted by Crippen LogP contribution is 2.65. The molecule has 7 rings (SSSR count). The highest BCUT2D eigenvalue weighted by atomic mass is 19.4. The molecule has 2 aromatic rings. The van der Waals surface area contributed by atoms with Crippen LogP contribution in [0.1, 0.15) is 75.9 Å². The van der Waals surface area contributed by atoms with Gasteiger partial charge in [0.2, 0.25) is 17.7 Å². The predicted octanol–water partition coefficient (Wildman–Crippen LogP) is 4.24. The number of benzene rings is 2. The van der Waals surface area contributed by atoms with Gasteiger partial charge in [-0.1, -0.05) is 70.2 Å². The van der Waals surface area contributed by atoms with E-state index in [1.807, 2.05) is 6.07 Å². The van der Waals surface area contributed by atoms with E-state index in [-0.39, 0.29) is 35.5 Å². The van der Waals surface area contributed by atoms with Crippen molar-refractivity contribution in [2.45, 2.75) is 102 Å². The molecule has 12 nitrogen and oxygen atoms in total. The molecule has 2 heterocycles. The number of rotatable bonds is 13. The summed E-state index contributed by atoms with van der Waals surface area (Å²) in [6, 6.07) is 10.4. The fraction of sp³-hybridized carbons (Fsp3) is 0.568. The molecule has 2 bridgehead atoms. The first-order chi connectivity index (χ1) is 24.9. The fourth-order valence-corrected chi connectivity index (χ4v) is 8.13. The van der Waals surface area contributed by atoms with Gasteiger partial charge in [-0.25, -0.2) is 0 Å². The molecule has 3 aliphatic carbocycles. The summed E-state index contributed by atoms with van der Waals surface area (Å²) < 4.78 is 52.8. The van der Waals surface area contributed by atoms with E-state index in [2.05, 4.69) is 52.3 Å². The van der Waals surface area contributed by atoms with Gasteiger partial charge in [0.25, 0.3) is 5.91 Å². The first-order valence-corrected chi connectivity index (χ1v) is 18.0. The number of hydrogen-bond acceptors (Lipinski definition) is 8. The van der Waals surface area contributed by atoms with Crippen LogP contribution < -0.4 is 21.3 Å². The highest BCUT2D eigenvalue weighted by Gasteiger charge is 2.68. The lowest BCUT2D eigenvalue weighted by molar-refractivity contribution is -0.199. The van der Waals surface area contributed by atoms with Crippen LogP contribution in [0.5, 0.6) is 0 Å². The van der Waals surface area contributed by atoms with Gasteiger partial charge < -0.3 is 30.6 Å². The zero-order chi connectivity index (χ0) is 38.5. The zero-order valence-corrected chi connectivity index (χ0v) is 30.6. The predicted molar refractivity (Wildman–Crippen MR) is 188 cm³/mol. The van der Waals surface area contributed by atoms with Crippen molar-refractivity contribution in [3.8, 4) is 0 Å². The number of alkyl halides is 3. The van der Waals surface area contributed by atoms with Gasteiger partial charge in [0.15, 0.2) is 0 Å². The van der Waals surface area contributed by atoms with Crippen molar-refractivity contribution >= 4 is 30.7 Å². The van der Waals surface area contributed by atoms with Crippen molar-refractivity contribution in [3.63, 3.8) is 0 Å². The standard InChI is InChI=1S/C37H46BF3N6O6/c1-20(2)29(45-31(49)23-12-14-24(15-13-23)36(46-47-36)37(39,40)41)33(51)44-26(16-22-10-8-7-9-11-22)32(50)43-21(3)30(48)42-19-38-52-28-18-25-17-27(34(25,4)5)35(28,6)53-38/h7-15,20-21,25-29H,16-19H2,1-6H3,(H,42,48)(H,43,50)(H,44,51)(H,45,49)/t21-,25-,26-,27-,28+,29-,35-/m0/s1. The molecule has 4 N–H and O–H groups in total. The molecule has 0 aromatic heterocycles. The van der Waals surface area contributed by atoms with Crippen molar-refractivity contribution in [3.05, 3.63) is 71.3 Å². The molecule has 3 saturated carbocycles. The van der Waals surface area contributed by atoms with E-state index >= 15 is 0 Å². The molecular weight excluding hydrogens is 692 g/mol. The van der Waals surface area contributed by atoms with E-state index in [0.29, 0.717) is 11.8 Å². The summed E-state index contributed by atoms with van der Waals surface area (Å²) in [5.41, 5.74) is -2.33. The molecule has 0 spiro atoms. The van der Waals surface area contributed by atoms with E-state index in [4.69, 9.17) is 9.31 Å². The van der Waals surface area contributed by atoms with Crippen molar-refractivity contribution < 1.29 is 41.7 Å². The second-order valence-corrected chi connectivity index (χ2v) is 15.8. The van der Waals surface area contributed by atoms with Crippen molar-refractivity contribution in [2.24, 2.45) is 33.4 Å². The van der Waals surface area contributed by atoms with E-state index in [1.54, 1.807) is 38.1 Å². The molecule has 0 radical (unpaired) electrons. The van der Waals surface area contributed by atoms with E-state index in [0.717, 1.165) is 30.5 Å². The number of carbonyl (C=O) groups excluding carboxylic acids is 4. The molecule has 16 heteroatoms. The summed E-state index contributed by atoms with van der Waals surface area (Å²) in [5.74, 6) is -1.90. The molecule has 2 aliphatic heterocycles. The van der Waals surface area contributed by atoms with Gasteiger partial charge in [-0.15, -0.1) is 10.2 Å². The Morgan fingerprint density at radius 2 is 1.55 bits per heavy atom. The molecule has 4 amide bonds. The number of halogens is 3. The lowest BCUT2D eigenvalue weighted by Crippen LogP contribution is -2.65. The SMILES string of the molecule is CC(C)[C@H](NC(=O)c1ccc(C2(C(F)(F)F)N=N2)cc1)C(=O)N[C@@H](Cc1ccccc1)C(=O)N[C@@H](C)C(=O)NCB1O[C@@H]2C[C@@H]3C[C@@H](C3(C)C)[C@]2(C)O1. The fourth-order valence-electron chi connectivity index (χ4n) is 8.13. The topological polar surface area (TPSA) is 160 Å². The molecule has 53 heavy (non-hydrogen) atoms. The van der Waals surface area contributed by atoms with Crippen LogP contribution in [0.4, 0.5) is 13.2 Å². The number of carbonyl (C=O) groups is 4. The van der Waals surface area contributed by atoms with Crippen LogP contribution >= 0.6 is 0 Å². The van der Waals surface area contributed by atoms with Crippen LogP contribution in [0.25, 0.3) is 0 Å². The third kappa shape index (κ3) is 7.44. The first kappa shape index (κ1) is 38.4. The minimum absolute atomic E-state index is 0.0189. The van der Waals surface area contributed by atoms with Gasteiger partial charge in [-0.05, 0) is 67.6 Å². The molecule has 284 valence electrons.